The summed E-state index contributed by atoms with van der Waals surface area (Å²) in [4.78, 5) is 2.19. The van der Waals surface area contributed by atoms with E-state index in [1.165, 1.54) is 5.56 Å². The molecule has 0 aliphatic rings. The van der Waals surface area contributed by atoms with Crippen LogP contribution in [0.3, 0.4) is 0 Å². The Balaban J connectivity index is 2.08. The van der Waals surface area contributed by atoms with Gasteiger partial charge in [-0.1, -0.05) is 42.5 Å². The summed E-state index contributed by atoms with van der Waals surface area (Å²) >= 11 is 0. The molecule has 0 saturated heterocycles. The van der Waals surface area contributed by atoms with Gasteiger partial charge in [0.25, 0.3) is 0 Å². The highest BCUT2D eigenvalue weighted by Gasteiger charge is 2.14. The smallest absolute Gasteiger partial charge is 0.161 e. The van der Waals surface area contributed by atoms with Gasteiger partial charge in [0.1, 0.15) is 0 Å². The van der Waals surface area contributed by atoms with Crippen LogP contribution in [0, 0.1) is 0 Å². The van der Waals surface area contributed by atoms with E-state index >= 15 is 0 Å². The van der Waals surface area contributed by atoms with Crippen molar-refractivity contribution in [3.8, 4) is 11.5 Å². The van der Waals surface area contributed by atoms with Crippen molar-refractivity contribution in [1.29, 1.82) is 0 Å². The van der Waals surface area contributed by atoms with E-state index in [9.17, 15) is 0 Å². The minimum Gasteiger partial charge on any atom is -0.490 e. The predicted molar refractivity (Wildman–Crippen MR) is 90.8 cm³/mol. The second-order valence-corrected chi connectivity index (χ2v) is 5.56. The predicted octanol–water partition coefficient (Wildman–Crippen LogP) is 3.81. The topological polar surface area (TPSA) is 21.7 Å². The van der Waals surface area contributed by atoms with E-state index < -0.39 is 0 Å². The van der Waals surface area contributed by atoms with Crippen LogP contribution in [0.5, 0.6) is 11.5 Å². The van der Waals surface area contributed by atoms with E-state index in [1.807, 2.05) is 37.3 Å². The van der Waals surface area contributed by atoms with Gasteiger partial charge in [-0.3, -0.25) is 0 Å². The number of hydrogen-bond acceptors (Lipinski definition) is 3. The molecule has 0 N–H and O–H groups in total. The molecule has 2 rings (SSSR count). The molecule has 3 nitrogen and oxygen atoms in total. The highest BCUT2D eigenvalue weighted by atomic mass is 16.5. The van der Waals surface area contributed by atoms with Gasteiger partial charge in [-0.15, -0.1) is 0 Å². The summed E-state index contributed by atoms with van der Waals surface area (Å²) in [6, 6.07) is 18.4. The van der Waals surface area contributed by atoms with Gasteiger partial charge in [0, 0.05) is 12.5 Å². The number of rotatable bonds is 8. The van der Waals surface area contributed by atoms with Gasteiger partial charge in [0.05, 0.1) is 13.2 Å². The third-order valence-corrected chi connectivity index (χ3v) is 3.45. The number of likely N-dealkylation sites (N-methyl/N-ethyl adjacent to an activating group) is 1. The van der Waals surface area contributed by atoms with Crippen LogP contribution >= 0.6 is 0 Å². The lowest BCUT2D eigenvalue weighted by Gasteiger charge is -2.22. The van der Waals surface area contributed by atoms with Crippen molar-refractivity contribution < 1.29 is 9.47 Å². The maximum atomic E-state index is 6.06. The Hall–Kier alpha value is -2.00. The molecule has 0 amide bonds. The number of nitrogens with zero attached hydrogens (tertiary/aromatic N) is 1. The second-order valence-electron chi connectivity index (χ2n) is 5.56. The first-order chi connectivity index (χ1) is 10.7. The highest BCUT2D eigenvalue weighted by Crippen LogP contribution is 2.28. The zero-order valence-electron chi connectivity index (χ0n) is 13.7. The first-order valence-electron chi connectivity index (χ1n) is 7.75. The molecule has 1 atom stereocenters. The molecule has 0 aromatic heterocycles. The summed E-state index contributed by atoms with van der Waals surface area (Å²) in [5.74, 6) is 1.94. The van der Waals surface area contributed by atoms with Crippen LogP contribution in [0.4, 0.5) is 0 Å². The zero-order chi connectivity index (χ0) is 15.8. The van der Waals surface area contributed by atoms with Crippen LogP contribution in [-0.2, 0) is 0 Å². The molecule has 0 aliphatic heterocycles. The van der Waals surface area contributed by atoms with E-state index in [4.69, 9.17) is 9.47 Å². The molecule has 2 aromatic carbocycles. The Bertz CT molecular complexity index is 554. The molecule has 118 valence electrons. The van der Waals surface area contributed by atoms with Crippen molar-refractivity contribution in [2.45, 2.75) is 12.8 Å². The molecule has 0 heterocycles. The Morgan fingerprint density at radius 3 is 2.05 bits per heavy atom. The van der Waals surface area contributed by atoms with Crippen LogP contribution in [0.2, 0.25) is 0 Å². The minimum absolute atomic E-state index is 0.325. The molecule has 3 heteroatoms. The van der Waals surface area contributed by atoms with Crippen LogP contribution < -0.4 is 9.47 Å². The van der Waals surface area contributed by atoms with Gasteiger partial charge in [-0.25, -0.2) is 0 Å². The first-order valence-corrected chi connectivity index (χ1v) is 7.75. The third-order valence-electron chi connectivity index (χ3n) is 3.45. The van der Waals surface area contributed by atoms with Gasteiger partial charge in [0.15, 0.2) is 11.5 Å². The molecule has 0 aliphatic carbocycles. The molecular formula is C19H25NO2. The van der Waals surface area contributed by atoms with Gasteiger partial charge in [0.2, 0.25) is 0 Å². The van der Waals surface area contributed by atoms with Crippen molar-refractivity contribution in [2.24, 2.45) is 0 Å². The number of para-hydroxylation sites is 2. The normalized spacial score (nSPS) is 12.2. The maximum absolute atomic E-state index is 6.06. The van der Waals surface area contributed by atoms with Crippen LogP contribution in [-0.4, -0.2) is 38.8 Å². The summed E-state index contributed by atoms with van der Waals surface area (Å²) in [5, 5.41) is 0. The lowest BCUT2D eigenvalue weighted by molar-refractivity contribution is 0.237. The van der Waals surface area contributed by atoms with Gasteiger partial charge in [-0.05, 0) is 38.7 Å². The Labute approximate surface area is 133 Å². The summed E-state index contributed by atoms with van der Waals surface area (Å²) in [6.45, 7) is 4.20. The lowest BCUT2D eigenvalue weighted by Crippen LogP contribution is -2.24. The fourth-order valence-electron chi connectivity index (χ4n) is 2.45. The van der Waals surface area contributed by atoms with E-state index in [0.29, 0.717) is 19.1 Å². The highest BCUT2D eigenvalue weighted by molar-refractivity contribution is 5.39. The molecule has 0 fully saturated rings. The molecule has 0 spiro atoms. The zero-order valence-corrected chi connectivity index (χ0v) is 13.7. The Kier molecular flexibility index (Phi) is 6.28. The van der Waals surface area contributed by atoms with Gasteiger partial charge >= 0.3 is 0 Å². The molecule has 0 radical (unpaired) electrons. The number of hydrogen-bond donors (Lipinski definition) is 0. The van der Waals surface area contributed by atoms with E-state index in [2.05, 4.69) is 43.3 Å². The first kappa shape index (κ1) is 16.4. The van der Waals surface area contributed by atoms with Gasteiger partial charge in [-0.2, -0.15) is 0 Å². The van der Waals surface area contributed by atoms with Crippen LogP contribution in [0.15, 0.2) is 54.6 Å². The molecule has 0 saturated carbocycles. The molecule has 0 bridgehead atoms. The summed E-state index contributed by atoms with van der Waals surface area (Å²) < 4.78 is 11.7. The monoisotopic (exact) mass is 299 g/mol. The van der Waals surface area contributed by atoms with Crippen molar-refractivity contribution in [3.05, 3.63) is 60.2 Å². The molecule has 2 aromatic rings. The van der Waals surface area contributed by atoms with Crippen molar-refractivity contribution in [1.82, 2.24) is 4.90 Å². The van der Waals surface area contributed by atoms with E-state index in [1.54, 1.807) is 0 Å². The van der Waals surface area contributed by atoms with Crippen molar-refractivity contribution in [2.75, 3.05) is 33.9 Å². The fraction of sp³-hybridized carbons (Fsp3) is 0.368. The van der Waals surface area contributed by atoms with Crippen LogP contribution in [0.25, 0.3) is 0 Å². The van der Waals surface area contributed by atoms with Gasteiger partial charge < -0.3 is 14.4 Å². The number of ether oxygens (including phenoxy) is 2. The minimum atomic E-state index is 0.325. The average Bonchev–Trinajstić information content (AvgIpc) is 2.53. The molecule has 22 heavy (non-hydrogen) atoms. The van der Waals surface area contributed by atoms with Crippen molar-refractivity contribution in [3.63, 3.8) is 0 Å². The summed E-state index contributed by atoms with van der Waals surface area (Å²) in [7, 11) is 4.17. The molecular weight excluding hydrogens is 274 g/mol. The Morgan fingerprint density at radius 1 is 0.864 bits per heavy atom. The van der Waals surface area contributed by atoms with Crippen molar-refractivity contribution >= 4 is 0 Å². The fourth-order valence-corrected chi connectivity index (χ4v) is 2.45. The van der Waals surface area contributed by atoms with Crippen LogP contribution in [0.1, 0.15) is 18.4 Å². The number of benzene rings is 2. The summed E-state index contributed by atoms with van der Waals surface area (Å²) in [6.07, 6.45) is 0. The standard InChI is InChI=1S/C19H25NO2/c1-4-21-18-12-8-9-13-19(18)22-15-17(14-20(2)3)16-10-6-5-7-11-16/h5-13,17H,4,14-15H2,1-3H3/t17-/m0/s1. The second kappa shape index (κ2) is 8.44. The quantitative estimate of drug-likeness (QED) is 0.740. The largest absolute Gasteiger partial charge is 0.490 e. The summed E-state index contributed by atoms with van der Waals surface area (Å²) in [5.41, 5.74) is 1.30. The Morgan fingerprint density at radius 2 is 1.45 bits per heavy atom. The average molecular weight is 299 g/mol. The maximum Gasteiger partial charge on any atom is 0.161 e. The SMILES string of the molecule is CCOc1ccccc1OC[C@H](CN(C)C)c1ccccc1. The van der Waals surface area contributed by atoms with E-state index in [-0.39, 0.29) is 0 Å². The van der Waals surface area contributed by atoms with E-state index in [0.717, 1.165) is 18.0 Å². The third kappa shape index (κ3) is 4.78. The molecule has 0 unspecified atom stereocenters. The lowest BCUT2D eigenvalue weighted by atomic mass is 10.00.